The lowest BCUT2D eigenvalue weighted by Crippen LogP contribution is -2.35. The minimum Gasteiger partial charge on any atom is -0.268 e. The van der Waals surface area contributed by atoms with Crippen molar-refractivity contribution in [3.63, 3.8) is 0 Å². The number of fused-ring (bicyclic) bond motifs is 1. The molecule has 0 bridgehead atoms. The molecule has 0 saturated carbocycles. The van der Waals surface area contributed by atoms with E-state index < -0.39 is 16.1 Å². The molecule has 1 unspecified atom stereocenters. The van der Waals surface area contributed by atoms with E-state index in [0.29, 0.717) is 22.4 Å². The normalized spacial score (nSPS) is 13.0. The molecule has 5 rings (SSSR count). The summed E-state index contributed by atoms with van der Waals surface area (Å²) in [6, 6.07) is 29.3. The van der Waals surface area contributed by atoms with Gasteiger partial charge in [0.15, 0.2) is 0 Å². The number of para-hydroxylation sites is 1. The second kappa shape index (κ2) is 10.7. The van der Waals surface area contributed by atoms with Gasteiger partial charge >= 0.3 is 0 Å². The average molecular weight is 566 g/mol. The third-order valence-electron chi connectivity index (χ3n) is 7.70. The van der Waals surface area contributed by atoms with Crippen LogP contribution in [0, 0.1) is 6.92 Å². The fourth-order valence-corrected chi connectivity index (χ4v) is 6.35. The summed E-state index contributed by atoms with van der Waals surface area (Å²) in [4.78, 5) is 18.9. The summed E-state index contributed by atoms with van der Waals surface area (Å²) in [7, 11) is -2.35. The average Bonchev–Trinajstić information content (AvgIpc) is 2.96. The van der Waals surface area contributed by atoms with E-state index >= 15 is 0 Å². The summed E-state index contributed by atoms with van der Waals surface area (Å²) in [5.74, 6) is 0.342. The van der Waals surface area contributed by atoms with Crippen molar-refractivity contribution in [2.24, 2.45) is 0 Å². The van der Waals surface area contributed by atoms with Gasteiger partial charge in [0.1, 0.15) is 5.82 Å². The molecule has 0 aliphatic rings. The summed E-state index contributed by atoms with van der Waals surface area (Å²) in [6.07, 6.45) is 0. The Morgan fingerprint density at radius 1 is 0.829 bits per heavy atom. The summed E-state index contributed by atoms with van der Waals surface area (Å²) in [6.45, 7) is 10.1. The van der Waals surface area contributed by atoms with Gasteiger partial charge in [-0.2, -0.15) is 4.31 Å². The number of hydrogen-bond donors (Lipinski definition) is 0. The first-order valence-electron chi connectivity index (χ1n) is 13.7. The standard InChI is InChI=1S/C34H35N3O3S/c1-23-11-7-8-12-29(23)25-15-19-27(20-16-25)37-32(35-31-14-10-9-13-30(31)33(37)38)24(2)36(6)41(39,40)28-21-17-26(18-22-28)34(3,4)5/h7-22,24H,1-6H3. The van der Waals surface area contributed by atoms with E-state index in [9.17, 15) is 13.2 Å². The first-order chi connectivity index (χ1) is 19.4. The van der Waals surface area contributed by atoms with Crippen LogP contribution < -0.4 is 5.56 Å². The molecule has 0 aliphatic heterocycles. The second-order valence-corrected chi connectivity index (χ2v) is 13.5. The summed E-state index contributed by atoms with van der Waals surface area (Å²) in [5, 5.41) is 0.467. The van der Waals surface area contributed by atoms with E-state index in [2.05, 4.69) is 39.8 Å². The van der Waals surface area contributed by atoms with Gasteiger partial charge in [-0.25, -0.2) is 13.4 Å². The Morgan fingerprint density at radius 3 is 2.07 bits per heavy atom. The van der Waals surface area contributed by atoms with E-state index in [0.717, 1.165) is 22.3 Å². The number of aromatic nitrogens is 2. The van der Waals surface area contributed by atoms with Crippen LogP contribution in [0.4, 0.5) is 0 Å². The molecule has 0 fully saturated rings. The number of hydrogen-bond acceptors (Lipinski definition) is 4. The fourth-order valence-electron chi connectivity index (χ4n) is 5.03. The largest absolute Gasteiger partial charge is 0.268 e. The van der Waals surface area contributed by atoms with Gasteiger partial charge in [0, 0.05) is 7.05 Å². The highest BCUT2D eigenvalue weighted by molar-refractivity contribution is 7.89. The molecule has 1 aromatic heterocycles. The monoisotopic (exact) mass is 565 g/mol. The van der Waals surface area contributed by atoms with Gasteiger partial charge in [-0.3, -0.25) is 9.36 Å². The number of rotatable bonds is 6. The van der Waals surface area contributed by atoms with Crippen LogP contribution in [0.15, 0.2) is 107 Å². The van der Waals surface area contributed by atoms with Crippen LogP contribution in [0.3, 0.4) is 0 Å². The maximum absolute atomic E-state index is 13.9. The zero-order valence-corrected chi connectivity index (χ0v) is 25.1. The van der Waals surface area contributed by atoms with Crippen LogP contribution in [0.5, 0.6) is 0 Å². The SMILES string of the molecule is Cc1ccccc1-c1ccc(-n2c(C(C)N(C)S(=O)(=O)c3ccc(C(C)(C)C)cc3)nc3ccccc3c2=O)cc1. The lowest BCUT2D eigenvalue weighted by Gasteiger charge is -2.27. The van der Waals surface area contributed by atoms with Gasteiger partial charge in [0.2, 0.25) is 10.0 Å². The molecule has 7 heteroatoms. The maximum atomic E-state index is 13.9. The molecule has 0 radical (unpaired) electrons. The van der Waals surface area contributed by atoms with Gasteiger partial charge in [-0.15, -0.1) is 0 Å². The Bertz CT molecular complexity index is 1890. The van der Waals surface area contributed by atoms with Crippen molar-refractivity contribution >= 4 is 20.9 Å². The first-order valence-corrected chi connectivity index (χ1v) is 15.1. The Labute approximate surface area is 242 Å². The highest BCUT2D eigenvalue weighted by atomic mass is 32.2. The van der Waals surface area contributed by atoms with Crippen LogP contribution in [-0.2, 0) is 15.4 Å². The van der Waals surface area contributed by atoms with Crippen molar-refractivity contribution < 1.29 is 8.42 Å². The van der Waals surface area contributed by atoms with Crippen molar-refractivity contribution in [2.45, 2.75) is 51.0 Å². The molecule has 0 N–H and O–H groups in total. The van der Waals surface area contributed by atoms with Crippen LogP contribution in [0.25, 0.3) is 27.7 Å². The summed E-state index contributed by atoms with van der Waals surface area (Å²) in [5.41, 5.74) is 5.14. The Balaban J connectivity index is 1.61. The predicted octanol–water partition coefficient (Wildman–Crippen LogP) is 7.04. The van der Waals surface area contributed by atoms with Crippen LogP contribution in [0.1, 0.15) is 50.7 Å². The van der Waals surface area contributed by atoms with E-state index in [4.69, 9.17) is 4.98 Å². The van der Waals surface area contributed by atoms with Crippen molar-refractivity contribution in [3.05, 3.63) is 124 Å². The van der Waals surface area contributed by atoms with Gasteiger partial charge in [0.25, 0.3) is 5.56 Å². The lowest BCUT2D eigenvalue weighted by atomic mass is 9.87. The molecule has 0 amide bonds. The van der Waals surface area contributed by atoms with Crippen molar-refractivity contribution in [1.29, 1.82) is 0 Å². The minimum absolute atomic E-state index is 0.0959. The number of benzene rings is 4. The predicted molar refractivity (Wildman–Crippen MR) is 166 cm³/mol. The summed E-state index contributed by atoms with van der Waals surface area (Å²) < 4.78 is 30.3. The smallest absolute Gasteiger partial charge is 0.266 e. The highest BCUT2D eigenvalue weighted by Crippen LogP contribution is 2.30. The van der Waals surface area contributed by atoms with Crippen molar-refractivity contribution in [1.82, 2.24) is 13.9 Å². The molecule has 1 atom stereocenters. The van der Waals surface area contributed by atoms with Gasteiger partial charge in [-0.1, -0.05) is 81.4 Å². The zero-order valence-electron chi connectivity index (χ0n) is 24.3. The second-order valence-electron chi connectivity index (χ2n) is 11.5. The first kappa shape index (κ1) is 28.5. The molecule has 4 aromatic carbocycles. The van der Waals surface area contributed by atoms with Crippen molar-refractivity contribution in [2.75, 3.05) is 7.05 Å². The van der Waals surface area contributed by atoms with Crippen molar-refractivity contribution in [3.8, 4) is 16.8 Å². The number of sulfonamides is 1. The molecule has 41 heavy (non-hydrogen) atoms. The number of nitrogens with zero attached hydrogens (tertiary/aromatic N) is 3. The van der Waals surface area contributed by atoms with E-state index in [1.54, 1.807) is 37.3 Å². The quantitative estimate of drug-likeness (QED) is 0.221. The topological polar surface area (TPSA) is 72.3 Å². The van der Waals surface area contributed by atoms with Crippen LogP contribution >= 0.6 is 0 Å². The molecule has 6 nitrogen and oxygen atoms in total. The Hall–Kier alpha value is -4.07. The number of aryl methyl sites for hydroxylation is 1. The highest BCUT2D eigenvalue weighted by Gasteiger charge is 2.30. The fraction of sp³-hybridized carbons (Fsp3) is 0.235. The molecule has 1 heterocycles. The van der Waals surface area contributed by atoms with Crippen LogP contribution in [-0.4, -0.2) is 29.3 Å². The van der Waals surface area contributed by atoms with Gasteiger partial charge < -0.3 is 0 Å². The summed E-state index contributed by atoms with van der Waals surface area (Å²) >= 11 is 0. The third kappa shape index (κ3) is 5.35. The minimum atomic E-state index is -3.88. The molecule has 210 valence electrons. The van der Waals surface area contributed by atoms with E-state index in [1.165, 1.54) is 15.9 Å². The Morgan fingerprint density at radius 2 is 1.44 bits per heavy atom. The van der Waals surface area contributed by atoms with Gasteiger partial charge in [-0.05, 0) is 77.9 Å². The molecule has 0 aliphatic carbocycles. The van der Waals surface area contributed by atoms with E-state index in [1.807, 2.05) is 54.6 Å². The molecular formula is C34H35N3O3S. The lowest BCUT2D eigenvalue weighted by molar-refractivity contribution is 0.379. The zero-order chi connectivity index (χ0) is 29.5. The van der Waals surface area contributed by atoms with Crippen LogP contribution in [0.2, 0.25) is 0 Å². The molecule has 5 aromatic rings. The maximum Gasteiger partial charge on any atom is 0.266 e. The molecular weight excluding hydrogens is 530 g/mol. The molecule has 0 saturated heterocycles. The third-order valence-corrected chi connectivity index (χ3v) is 9.64. The molecule has 0 spiro atoms. The van der Waals surface area contributed by atoms with Gasteiger partial charge in [0.05, 0.1) is 27.5 Å². The Kier molecular flexibility index (Phi) is 7.45. The van der Waals surface area contributed by atoms with E-state index in [-0.39, 0.29) is 15.9 Å².